The van der Waals surface area contributed by atoms with Gasteiger partial charge in [0, 0.05) is 23.6 Å². The molecule has 0 saturated carbocycles. The van der Waals surface area contributed by atoms with Crippen LogP contribution in [0.5, 0.6) is 5.75 Å². The average Bonchev–Trinajstić information content (AvgIpc) is 3.15. The maximum Gasteiger partial charge on any atom is 0.349 e. The Hall–Kier alpha value is -3.13. The number of nitrogens with zero attached hydrogens (tertiary/aromatic N) is 2. The Morgan fingerprint density at radius 2 is 1.91 bits per heavy atom. The van der Waals surface area contributed by atoms with Crippen molar-refractivity contribution < 1.29 is 19.1 Å². The van der Waals surface area contributed by atoms with E-state index in [1.54, 1.807) is 37.6 Å². The quantitative estimate of drug-likeness (QED) is 0.437. The van der Waals surface area contributed by atoms with Crippen LogP contribution in [0.2, 0.25) is 0 Å². The summed E-state index contributed by atoms with van der Waals surface area (Å²) in [6.07, 6.45) is 0. The van der Waals surface area contributed by atoms with Gasteiger partial charge >= 0.3 is 5.97 Å². The normalized spacial score (nSPS) is 11.2. The molecule has 8 heteroatoms. The number of rotatable bonds is 8. The van der Waals surface area contributed by atoms with Gasteiger partial charge in [-0.15, -0.1) is 0 Å². The van der Waals surface area contributed by atoms with Crippen molar-refractivity contribution in [2.24, 2.45) is 7.05 Å². The smallest absolute Gasteiger partial charge is 0.349 e. The molecule has 1 aromatic heterocycles. The Morgan fingerprint density at radius 3 is 2.58 bits per heavy atom. The number of amides is 1. The summed E-state index contributed by atoms with van der Waals surface area (Å²) >= 11 is 3.47. The third-order valence-electron chi connectivity index (χ3n) is 5.06. The van der Waals surface area contributed by atoms with E-state index >= 15 is 0 Å². The summed E-state index contributed by atoms with van der Waals surface area (Å²) in [5, 5.41) is 7.27. The number of aromatic nitrogens is 2. The molecule has 0 unspecified atom stereocenters. The van der Waals surface area contributed by atoms with Crippen LogP contribution in [-0.2, 0) is 23.1 Å². The van der Waals surface area contributed by atoms with Crippen LogP contribution in [0, 0.1) is 6.92 Å². The molecular formula is C25H28BrN3O4. The van der Waals surface area contributed by atoms with Crippen LogP contribution in [0.25, 0.3) is 11.3 Å². The molecule has 2 aromatic carbocycles. The summed E-state index contributed by atoms with van der Waals surface area (Å²) in [6.45, 7) is 7.63. The monoisotopic (exact) mass is 513 g/mol. The Morgan fingerprint density at radius 1 is 1.15 bits per heavy atom. The molecule has 0 saturated heterocycles. The maximum atomic E-state index is 12.7. The lowest BCUT2D eigenvalue weighted by atomic mass is 10.1. The molecule has 0 aliphatic heterocycles. The highest BCUT2D eigenvalue weighted by Crippen LogP contribution is 2.25. The summed E-state index contributed by atoms with van der Waals surface area (Å²) < 4.78 is 13.6. The van der Waals surface area contributed by atoms with Crippen molar-refractivity contribution in [2.75, 3.05) is 6.61 Å². The zero-order valence-electron chi connectivity index (χ0n) is 19.4. The number of benzene rings is 2. The standard InChI is InChI=1S/C25H28BrN3O4/c1-6-32-24(31)25(3,4)33-22-11-10-17(12-16(22)2)15-27-23(30)20-14-21(29(5)28-20)18-8-7-9-19(26)13-18/h7-14H,6,15H2,1-5H3,(H,27,30). The average molecular weight is 514 g/mol. The Balaban J connectivity index is 1.66. The molecule has 0 aliphatic rings. The molecule has 0 radical (unpaired) electrons. The largest absolute Gasteiger partial charge is 0.476 e. The van der Waals surface area contributed by atoms with Crippen LogP contribution in [0.3, 0.4) is 0 Å². The van der Waals surface area contributed by atoms with Gasteiger partial charge in [-0.2, -0.15) is 5.10 Å². The Labute approximate surface area is 202 Å². The summed E-state index contributed by atoms with van der Waals surface area (Å²) in [4.78, 5) is 24.8. The molecule has 0 atom stereocenters. The molecule has 3 rings (SSSR count). The van der Waals surface area contributed by atoms with Crippen molar-refractivity contribution in [3.63, 3.8) is 0 Å². The minimum atomic E-state index is -1.10. The van der Waals surface area contributed by atoms with Crippen LogP contribution in [-0.4, -0.2) is 33.9 Å². The SMILES string of the molecule is CCOC(=O)C(C)(C)Oc1ccc(CNC(=O)c2cc(-c3cccc(Br)c3)n(C)n2)cc1C. The van der Waals surface area contributed by atoms with Crippen molar-refractivity contribution in [3.05, 3.63) is 69.8 Å². The molecule has 0 aliphatic carbocycles. The van der Waals surface area contributed by atoms with Crippen LogP contribution in [0.15, 0.2) is 53.0 Å². The van der Waals surface area contributed by atoms with Gasteiger partial charge in [0.05, 0.1) is 12.3 Å². The highest BCUT2D eigenvalue weighted by molar-refractivity contribution is 9.10. The molecule has 33 heavy (non-hydrogen) atoms. The number of carbonyl (C=O) groups is 2. The minimum absolute atomic E-state index is 0.256. The van der Waals surface area contributed by atoms with Gasteiger partial charge in [0.2, 0.25) is 0 Å². The molecule has 1 N–H and O–H groups in total. The second-order valence-electron chi connectivity index (χ2n) is 8.16. The number of hydrogen-bond acceptors (Lipinski definition) is 5. The summed E-state index contributed by atoms with van der Waals surface area (Å²) in [5.74, 6) is -0.0851. The van der Waals surface area contributed by atoms with Crippen molar-refractivity contribution in [2.45, 2.75) is 39.8 Å². The van der Waals surface area contributed by atoms with E-state index in [1.165, 1.54) is 0 Å². The van der Waals surface area contributed by atoms with E-state index in [1.807, 2.05) is 50.4 Å². The van der Waals surface area contributed by atoms with E-state index in [0.29, 0.717) is 24.6 Å². The molecule has 1 amide bonds. The van der Waals surface area contributed by atoms with Crippen molar-refractivity contribution in [1.29, 1.82) is 0 Å². The molecular weight excluding hydrogens is 486 g/mol. The summed E-state index contributed by atoms with van der Waals surface area (Å²) in [7, 11) is 1.81. The number of hydrogen-bond donors (Lipinski definition) is 1. The first kappa shape index (κ1) is 24.5. The topological polar surface area (TPSA) is 82.5 Å². The van der Waals surface area contributed by atoms with E-state index in [4.69, 9.17) is 9.47 Å². The highest BCUT2D eigenvalue weighted by atomic mass is 79.9. The van der Waals surface area contributed by atoms with Crippen LogP contribution in [0.4, 0.5) is 0 Å². The van der Waals surface area contributed by atoms with E-state index in [9.17, 15) is 9.59 Å². The molecule has 3 aromatic rings. The molecule has 0 spiro atoms. The molecule has 0 bridgehead atoms. The van der Waals surface area contributed by atoms with E-state index in [-0.39, 0.29) is 5.91 Å². The molecule has 7 nitrogen and oxygen atoms in total. The van der Waals surface area contributed by atoms with Gasteiger partial charge in [-0.1, -0.05) is 40.2 Å². The summed E-state index contributed by atoms with van der Waals surface area (Å²) in [6, 6.07) is 15.2. The third kappa shape index (κ3) is 6.01. The fourth-order valence-electron chi connectivity index (χ4n) is 3.33. The minimum Gasteiger partial charge on any atom is -0.476 e. The zero-order valence-corrected chi connectivity index (χ0v) is 21.0. The van der Waals surface area contributed by atoms with Crippen LogP contribution in [0.1, 0.15) is 42.4 Å². The Bertz CT molecular complexity index is 1170. The van der Waals surface area contributed by atoms with Gasteiger partial charge in [-0.3, -0.25) is 9.48 Å². The second kappa shape index (κ2) is 10.2. The number of ether oxygens (including phenoxy) is 2. The van der Waals surface area contributed by atoms with E-state index in [0.717, 1.165) is 26.9 Å². The van der Waals surface area contributed by atoms with Gasteiger partial charge in [0.25, 0.3) is 5.91 Å². The lowest BCUT2D eigenvalue weighted by molar-refractivity contribution is -0.158. The molecule has 1 heterocycles. The maximum absolute atomic E-state index is 12.7. The first-order valence-corrected chi connectivity index (χ1v) is 11.4. The zero-order chi connectivity index (χ0) is 24.2. The number of esters is 1. The van der Waals surface area contributed by atoms with Gasteiger partial charge in [-0.25, -0.2) is 4.79 Å². The third-order valence-corrected chi connectivity index (χ3v) is 5.55. The first-order chi connectivity index (χ1) is 15.6. The van der Waals surface area contributed by atoms with E-state index < -0.39 is 11.6 Å². The number of halogens is 1. The predicted molar refractivity (Wildman–Crippen MR) is 130 cm³/mol. The summed E-state index contributed by atoms with van der Waals surface area (Å²) in [5.41, 5.74) is 2.83. The fraction of sp³-hybridized carbons (Fsp3) is 0.320. The van der Waals surface area contributed by atoms with E-state index in [2.05, 4.69) is 26.3 Å². The Kier molecular flexibility index (Phi) is 7.58. The van der Waals surface area contributed by atoms with Crippen LogP contribution >= 0.6 is 15.9 Å². The number of carbonyl (C=O) groups excluding carboxylic acids is 2. The highest BCUT2D eigenvalue weighted by Gasteiger charge is 2.32. The first-order valence-electron chi connectivity index (χ1n) is 10.6. The number of nitrogens with one attached hydrogen (secondary N) is 1. The molecule has 174 valence electrons. The van der Waals surface area contributed by atoms with Crippen LogP contribution < -0.4 is 10.1 Å². The molecule has 0 fully saturated rings. The number of aryl methyl sites for hydroxylation is 2. The predicted octanol–water partition coefficient (Wildman–Crippen LogP) is 4.81. The van der Waals surface area contributed by atoms with Gasteiger partial charge in [-0.05, 0) is 63.1 Å². The lowest BCUT2D eigenvalue weighted by Crippen LogP contribution is -2.39. The second-order valence-corrected chi connectivity index (χ2v) is 9.08. The van der Waals surface area contributed by atoms with Crippen molar-refractivity contribution >= 4 is 27.8 Å². The van der Waals surface area contributed by atoms with Crippen molar-refractivity contribution in [1.82, 2.24) is 15.1 Å². The van der Waals surface area contributed by atoms with Crippen molar-refractivity contribution in [3.8, 4) is 17.0 Å². The van der Waals surface area contributed by atoms with Gasteiger partial charge < -0.3 is 14.8 Å². The van der Waals surface area contributed by atoms with Gasteiger partial charge in [0.15, 0.2) is 11.3 Å². The van der Waals surface area contributed by atoms with Gasteiger partial charge in [0.1, 0.15) is 5.75 Å². The lowest BCUT2D eigenvalue weighted by Gasteiger charge is -2.25. The fourth-order valence-corrected chi connectivity index (χ4v) is 3.73.